The van der Waals surface area contributed by atoms with Gasteiger partial charge in [-0.05, 0) is 21.8 Å². The molecule has 86 valence electrons. The van der Waals surface area contributed by atoms with Crippen LogP contribution >= 0.6 is 15.9 Å². The molecule has 2 heterocycles. The molecule has 0 saturated heterocycles. The summed E-state index contributed by atoms with van der Waals surface area (Å²) >= 11 is 3.42. The topological polar surface area (TPSA) is 33.4 Å². The Labute approximate surface area is 103 Å². The van der Waals surface area contributed by atoms with Gasteiger partial charge in [-0.2, -0.15) is 0 Å². The summed E-state index contributed by atoms with van der Waals surface area (Å²) in [5, 5.41) is 0. The van der Waals surface area contributed by atoms with E-state index in [-0.39, 0.29) is 0 Å². The zero-order valence-electron chi connectivity index (χ0n) is 9.68. The molecule has 0 unspecified atom stereocenters. The van der Waals surface area contributed by atoms with Gasteiger partial charge < -0.3 is 9.30 Å². The first-order valence-corrected chi connectivity index (χ1v) is 6.07. The molecule has 5 heteroatoms. The number of hydrogen-bond acceptors (Lipinski definition) is 3. The quantitative estimate of drug-likeness (QED) is 0.868. The van der Waals surface area contributed by atoms with Gasteiger partial charge in [0, 0.05) is 32.2 Å². The summed E-state index contributed by atoms with van der Waals surface area (Å²) in [5.41, 5.74) is 0.895. The van der Waals surface area contributed by atoms with Crippen molar-refractivity contribution in [1.29, 1.82) is 0 Å². The Bertz CT molecular complexity index is 492. The fraction of sp³-hybridized carbons (Fsp3) is 0.455. The van der Waals surface area contributed by atoms with Crippen LogP contribution < -0.4 is 4.90 Å². The van der Waals surface area contributed by atoms with Crippen LogP contribution in [0.2, 0.25) is 0 Å². The normalized spacial score (nSPS) is 11.3. The van der Waals surface area contributed by atoms with Crippen LogP contribution in [-0.4, -0.2) is 28.0 Å². The molecule has 0 spiro atoms. The number of halogens is 1. The van der Waals surface area contributed by atoms with Crippen molar-refractivity contribution in [2.24, 2.45) is 5.92 Å². The lowest BCUT2D eigenvalue weighted by atomic mass is 10.2. The molecular weight excluding hydrogens is 268 g/mol. The minimum atomic E-state index is 0.598. The summed E-state index contributed by atoms with van der Waals surface area (Å²) in [5.74, 6) is 1.51. The second-order valence-corrected chi connectivity index (χ2v) is 5.13. The summed E-state index contributed by atoms with van der Waals surface area (Å²) in [4.78, 5) is 10.9. The molecule has 0 atom stereocenters. The minimum Gasteiger partial charge on any atom is -0.356 e. The second kappa shape index (κ2) is 4.41. The molecule has 0 bridgehead atoms. The number of imidazole rings is 1. The molecule has 2 rings (SSSR count). The zero-order chi connectivity index (χ0) is 11.7. The van der Waals surface area contributed by atoms with Crippen LogP contribution in [0.15, 0.2) is 23.2 Å². The van der Waals surface area contributed by atoms with E-state index in [4.69, 9.17) is 0 Å². The first-order chi connectivity index (χ1) is 7.58. The second-order valence-electron chi connectivity index (χ2n) is 4.32. The number of nitrogens with zero attached hydrogens (tertiary/aromatic N) is 4. The maximum atomic E-state index is 4.49. The standard InChI is InChI=1S/C11H15BrN4/c1-8(2)6-15(3)11-10-13-4-5-16(10)7-9(12)14-11/h4-5,7-8H,6H2,1-3H3. The lowest BCUT2D eigenvalue weighted by molar-refractivity contribution is 0.634. The average Bonchev–Trinajstić information content (AvgIpc) is 2.62. The average molecular weight is 283 g/mol. The Balaban J connectivity index is 2.45. The van der Waals surface area contributed by atoms with Crippen molar-refractivity contribution in [1.82, 2.24) is 14.4 Å². The molecule has 0 aliphatic carbocycles. The van der Waals surface area contributed by atoms with E-state index in [1.165, 1.54) is 0 Å². The van der Waals surface area contributed by atoms with Crippen molar-refractivity contribution in [3.63, 3.8) is 0 Å². The first kappa shape index (κ1) is 11.4. The molecular formula is C11H15BrN4. The number of aromatic nitrogens is 3. The monoisotopic (exact) mass is 282 g/mol. The number of anilines is 1. The molecule has 0 saturated carbocycles. The summed E-state index contributed by atoms with van der Waals surface area (Å²) in [6.07, 6.45) is 5.62. The third-order valence-corrected chi connectivity index (χ3v) is 2.71. The zero-order valence-corrected chi connectivity index (χ0v) is 11.3. The van der Waals surface area contributed by atoms with Gasteiger partial charge in [0.2, 0.25) is 0 Å². The molecule has 0 aromatic carbocycles. The third kappa shape index (κ3) is 2.19. The maximum absolute atomic E-state index is 4.49. The SMILES string of the molecule is CC(C)CN(C)c1nc(Br)cn2ccnc12. The molecule has 16 heavy (non-hydrogen) atoms. The number of hydrogen-bond donors (Lipinski definition) is 0. The highest BCUT2D eigenvalue weighted by molar-refractivity contribution is 9.10. The van der Waals surface area contributed by atoms with E-state index in [0.29, 0.717) is 5.92 Å². The molecule has 2 aromatic rings. The van der Waals surface area contributed by atoms with Gasteiger partial charge in [-0.1, -0.05) is 13.8 Å². The number of rotatable bonds is 3. The van der Waals surface area contributed by atoms with Gasteiger partial charge in [-0.3, -0.25) is 0 Å². The van der Waals surface area contributed by atoms with Gasteiger partial charge in [-0.25, -0.2) is 9.97 Å². The fourth-order valence-corrected chi connectivity index (χ4v) is 2.16. The smallest absolute Gasteiger partial charge is 0.180 e. The van der Waals surface area contributed by atoms with E-state index in [2.05, 4.69) is 44.6 Å². The fourth-order valence-electron chi connectivity index (χ4n) is 1.78. The summed E-state index contributed by atoms with van der Waals surface area (Å²) < 4.78 is 2.80. The van der Waals surface area contributed by atoms with Crippen LogP contribution in [0.5, 0.6) is 0 Å². The third-order valence-electron chi connectivity index (χ3n) is 2.33. The highest BCUT2D eigenvalue weighted by Crippen LogP contribution is 2.20. The summed E-state index contributed by atoms with van der Waals surface area (Å²) in [6.45, 7) is 5.35. The van der Waals surface area contributed by atoms with Gasteiger partial charge in [0.15, 0.2) is 11.5 Å². The Kier molecular flexibility index (Phi) is 3.14. The molecule has 0 aliphatic heterocycles. The van der Waals surface area contributed by atoms with Crippen LogP contribution in [0.1, 0.15) is 13.8 Å². The lowest BCUT2D eigenvalue weighted by Crippen LogP contribution is -2.24. The minimum absolute atomic E-state index is 0.598. The predicted molar refractivity (Wildman–Crippen MR) is 68.8 cm³/mol. The van der Waals surface area contributed by atoms with E-state index in [0.717, 1.165) is 22.6 Å². The van der Waals surface area contributed by atoms with Crippen LogP contribution in [0, 0.1) is 5.92 Å². The van der Waals surface area contributed by atoms with Crippen molar-refractivity contribution in [3.8, 4) is 0 Å². The largest absolute Gasteiger partial charge is 0.356 e. The van der Waals surface area contributed by atoms with Crippen molar-refractivity contribution < 1.29 is 0 Å². The Morgan fingerprint density at radius 1 is 1.50 bits per heavy atom. The van der Waals surface area contributed by atoms with E-state index >= 15 is 0 Å². The van der Waals surface area contributed by atoms with E-state index in [9.17, 15) is 0 Å². The molecule has 0 aliphatic rings. The van der Waals surface area contributed by atoms with Crippen molar-refractivity contribution in [2.75, 3.05) is 18.5 Å². The van der Waals surface area contributed by atoms with Gasteiger partial charge in [0.1, 0.15) is 4.60 Å². The Morgan fingerprint density at radius 2 is 2.25 bits per heavy atom. The van der Waals surface area contributed by atoms with Crippen molar-refractivity contribution >= 4 is 27.4 Å². The summed E-state index contributed by atoms with van der Waals surface area (Å²) in [7, 11) is 2.05. The van der Waals surface area contributed by atoms with Crippen molar-refractivity contribution in [3.05, 3.63) is 23.2 Å². The van der Waals surface area contributed by atoms with Gasteiger partial charge in [-0.15, -0.1) is 0 Å². The number of fused-ring (bicyclic) bond motifs is 1. The Morgan fingerprint density at radius 3 is 2.94 bits per heavy atom. The van der Waals surface area contributed by atoms with E-state index in [1.54, 1.807) is 6.20 Å². The van der Waals surface area contributed by atoms with Crippen LogP contribution in [0.25, 0.3) is 5.65 Å². The van der Waals surface area contributed by atoms with Gasteiger partial charge in [0.25, 0.3) is 0 Å². The van der Waals surface area contributed by atoms with Crippen molar-refractivity contribution in [2.45, 2.75) is 13.8 Å². The lowest BCUT2D eigenvalue weighted by Gasteiger charge is -2.20. The van der Waals surface area contributed by atoms with Crippen LogP contribution in [0.4, 0.5) is 5.82 Å². The summed E-state index contributed by atoms with van der Waals surface area (Å²) in [6, 6.07) is 0. The Hall–Kier alpha value is -1.10. The molecule has 0 radical (unpaired) electrons. The predicted octanol–water partition coefficient (Wildman–Crippen LogP) is 2.58. The molecule has 0 fully saturated rings. The highest BCUT2D eigenvalue weighted by atomic mass is 79.9. The van der Waals surface area contributed by atoms with Crippen LogP contribution in [0.3, 0.4) is 0 Å². The molecule has 2 aromatic heterocycles. The molecule has 4 nitrogen and oxygen atoms in total. The first-order valence-electron chi connectivity index (χ1n) is 5.28. The van der Waals surface area contributed by atoms with Crippen LogP contribution in [-0.2, 0) is 0 Å². The molecule has 0 N–H and O–H groups in total. The molecule has 0 amide bonds. The van der Waals surface area contributed by atoms with E-state index < -0.39 is 0 Å². The maximum Gasteiger partial charge on any atom is 0.180 e. The van der Waals surface area contributed by atoms with Gasteiger partial charge in [0.05, 0.1) is 0 Å². The van der Waals surface area contributed by atoms with Gasteiger partial charge >= 0.3 is 0 Å². The van der Waals surface area contributed by atoms with E-state index in [1.807, 2.05) is 23.8 Å². The highest BCUT2D eigenvalue weighted by Gasteiger charge is 2.11.